The van der Waals surface area contributed by atoms with Crippen LogP contribution in [-0.4, -0.2) is 76.0 Å². The van der Waals surface area contributed by atoms with Crippen LogP contribution >= 0.6 is 0 Å². The topological polar surface area (TPSA) is 141 Å². The van der Waals surface area contributed by atoms with E-state index in [2.05, 4.69) is 35.5 Å². The molecule has 1 amide bonds. The van der Waals surface area contributed by atoms with Crippen LogP contribution in [0.5, 0.6) is 0 Å². The number of aromatic amines is 1. The second-order valence-corrected chi connectivity index (χ2v) is 9.63. The van der Waals surface area contributed by atoms with E-state index in [0.29, 0.717) is 47.7 Å². The molecule has 6 heterocycles. The van der Waals surface area contributed by atoms with Gasteiger partial charge in [-0.25, -0.2) is 14.6 Å². The average molecular weight is 501 g/mol. The summed E-state index contributed by atoms with van der Waals surface area (Å²) in [6, 6.07) is 7.32. The number of aromatic nitrogens is 7. The maximum Gasteiger partial charge on any atom is 0.256 e. The molecule has 12 heteroatoms. The second-order valence-electron chi connectivity index (χ2n) is 9.63. The number of piperazine rings is 1. The van der Waals surface area contributed by atoms with Crippen molar-refractivity contribution in [3.8, 4) is 5.82 Å². The molecule has 0 radical (unpaired) electrons. The summed E-state index contributed by atoms with van der Waals surface area (Å²) in [5, 5.41) is 24.3. The van der Waals surface area contributed by atoms with Gasteiger partial charge in [-0.3, -0.25) is 9.89 Å². The predicted molar refractivity (Wildman–Crippen MR) is 136 cm³/mol. The van der Waals surface area contributed by atoms with Crippen LogP contribution in [0, 0.1) is 13.8 Å². The molecule has 190 valence electrons. The Hall–Kier alpha value is -4.32. The van der Waals surface area contributed by atoms with Crippen LogP contribution in [0.3, 0.4) is 0 Å². The van der Waals surface area contributed by atoms with Gasteiger partial charge < -0.3 is 20.2 Å². The number of aliphatic hydroxyl groups is 1. The van der Waals surface area contributed by atoms with Gasteiger partial charge >= 0.3 is 0 Å². The molecule has 6 rings (SSSR count). The van der Waals surface area contributed by atoms with E-state index >= 15 is 0 Å². The Kier molecular flexibility index (Phi) is 5.80. The molecule has 12 nitrogen and oxygen atoms in total. The van der Waals surface area contributed by atoms with Crippen molar-refractivity contribution < 1.29 is 9.90 Å². The van der Waals surface area contributed by atoms with Crippen LogP contribution in [0.4, 0.5) is 17.6 Å². The number of H-pyrrole nitrogens is 1. The highest BCUT2D eigenvalue weighted by Gasteiger charge is 2.43. The van der Waals surface area contributed by atoms with Gasteiger partial charge in [0.1, 0.15) is 5.82 Å². The predicted octanol–water partition coefficient (Wildman–Crippen LogP) is 2.13. The summed E-state index contributed by atoms with van der Waals surface area (Å²) in [6.45, 7) is 4.94. The maximum atomic E-state index is 13.5. The first-order chi connectivity index (χ1) is 18.0. The minimum absolute atomic E-state index is 0.0101. The molecule has 0 aliphatic carbocycles. The average Bonchev–Trinajstić information content (AvgIpc) is 3.60. The van der Waals surface area contributed by atoms with E-state index in [-0.39, 0.29) is 24.6 Å². The van der Waals surface area contributed by atoms with Crippen LogP contribution < -0.4 is 10.2 Å². The lowest BCUT2D eigenvalue weighted by molar-refractivity contribution is 0.0640. The highest BCUT2D eigenvalue weighted by atomic mass is 16.3. The number of carbonyl (C=O) groups excluding carboxylic acids is 1. The molecule has 2 aliphatic rings. The summed E-state index contributed by atoms with van der Waals surface area (Å²) in [7, 11) is 0. The van der Waals surface area contributed by atoms with Gasteiger partial charge in [0.2, 0.25) is 5.95 Å². The summed E-state index contributed by atoms with van der Waals surface area (Å²) < 4.78 is 1.70. The molecular formula is C25H28N10O2. The molecule has 2 saturated heterocycles. The fourth-order valence-electron chi connectivity index (χ4n) is 5.12. The third-order valence-electron chi connectivity index (χ3n) is 6.83. The molecule has 2 aliphatic heterocycles. The van der Waals surface area contributed by atoms with E-state index in [4.69, 9.17) is 4.98 Å². The number of aliphatic hydroxyl groups excluding tert-OH is 1. The van der Waals surface area contributed by atoms with Crippen LogP contribution in [0.1, 0.15) is 40.2 Å². The van der Waals surface area contributed by atoms with Crippen molar-refractivity contribution in [1.82, 2.24) is 39.8 Å². The van der Waals surface area contributed by atoms with Gasteiger partial charge in [0.25, 0.3) is 5.91 Å². The minimum Gasteiger partial charge on any atom is -0.390 e. The monoisotopic (exact) mass is 500 g/mol. The SMILES string of the molecule is Cc1cnn(-c2ccc(C(=O)N3C4CCC3CN(c3nc(CO)cc(Nc5cc(C)[nH]n5)n3)C4)cn2)c1. The molecule has 2 atom stereocenters. The third-order valence-corrected chi connectivity index (χ3v) is 6.83. The van der Waals surface area contributed by atoms with Crippen LogP contribution in [-0.2, 0) is 6.61 Å². The number of hydrogen-bond acceptors (Lipinski definition) is 9. The molecule has 2 fully saturated rings. The maximum absolute atomic E-state index is 13.5. The lowest BCUT2D eigenvalue weighted by atomic mass is 10.1. The second kappa shape index (κ2) is 9.28. The number of pyridine rings is 1. The van der Waals surface area contributed by atoms with E-state index in [1.165, 1.54) is 0 Å². The first-order valence-electron chi connectivity index (χ1n) is 12.3. The van der Waals surface area contributed by atoms with Gasteiger partial charge in [-0.2, -0.15) is 15.2 Å². The molecule has 2 bridgehead atoms. The van der Waals surface area contributed by atoms with Gasteiger partial charge in [-0.05, 0) is 44.4 Å². The number of rotatable bonds is 6. The quantitative estimate of drug-likeness (QED) is 0.363. The first-order valence-corrected chi connectivity index (χ1v) is 12.3. The molecule has 2 unspecified atom stereocenters. The van der Waals surface area contributed by atoms with Crippen molar-refractivity contribution in [1.29, 1.82) is 0 Å². The van der Waals surface area contributed by atoms with Gasteiger partial charge in [0.05, 0.1) is 36.1 Å². The summed E-state index contributed by atoms with van der Waals surface area (Å²) in [4.78, 5) is 31.3. The highest BCUT2D eigenvalue weighted by Crippen LogP contribution is 2.33. The summed E-state index contributed by atoms with van der Waals surface area (Å²) in [5.74, 6) is 2.40. The summed E-state index contributed by atoms with van der Waals surface area (Å²) in [6.07, 6.45) is 7.14. The number of nitrogens with one attached hydrogen (secondary N) is 2. The lowest BCUT2D eigenvalue weighted by Gasteiger charge is -2.41. The standard InChI is InChI=1S/C25H28N10O2/c1-15-9-27-34(11-15)23-6-3-17(10-26-23)24(37)35-19-4-5-20(35)13-33(12-19)25-28-18(14-36)8-21(30-25)29-22-7-16(2)31-32-22/h3,6-11,19-20,36H,4-5,12-14H2,1-2H3,(H2,28,29,30,31,32). The van der Waals surface area contributed by atoms with Crippen molar-refractivity contribution in [3.05, 3.63) is 65.4 Å². The van der Waals surface area contributed by atoms with Gasteiger partial charge in [-0.15, -0.1) is 0 Å². The Balaban J connectivity index is 1.19. The smallest absolute Gasteiger partial charge is 0.256 e. The molecule has 4 aromatic heterocycles. The number of fused-ring (bicyclic) bond motifs is 2. The third kappa shape index (κ3) is 4.51. The van der Waals surface area contributed by atoms with E-state index in [9.17, 15) is 9.90 Å². The Morgan fingerprint density at radius 1 is 1.11 bits per heavy atom. The number of nitrogens with zero attached hydrogens (tertiary/aromatic N) is 8. The van der Waals surface area contributed by atoms with Crippen molar-refractivity contribution in [2.75, 3.05) is 23.3 Å². The number of anilines is 3. The Morgan fingerprint density at radius 2 is 1.92 bits per heavy atom. The van der Waals surface area contributed by atoms with Crippen molar-refractivity contribution in [2.45, 2.75) is 45.4 Å². The largest absolute Gasteiger partial charge is 0.390 e. The Labute approximate surface area is 213 Å². The van der Waals surface area contributed by atoms with Crippen LogP contribution in [0.25, 0.3) is 5.82 Å². The van der Waals surface area contributed by atoms with Crippen molar-refractivity contribution >= 4 is 23.5 Å². The molecule has 3 N–H and O–H groups in total. The van der Waals surface area contributed by atoms with E-state index in [1.807, 2.05) is 43.1 Å². The fourth-order valence-corrected chi connectivity index (χ4v) is 5.12. The van der Waals surface area contributed by atoms with Gasteiger partial charge in [-0.1, -0.05) is 0 Å². The number of amides is 1. The zero-order valence-electron chi connectivity index (χ0n) is 20.7. The first kappa shape index (κ1) is 23.1. The fraction of sp³-hybridized carbons (Fsp3) is 0.360. The summed E-state index contributed by atoms with van der Waals surface area (Å²) in [5.41, 5.74) is 3.06. The van der Waals surface area contributed by atoms with E-state index in [0.717, 1.165) is 24.1 Å². The van der Waals surface area contributed by atoms with Gasteiger partial charge in [0.15, 0.2) is 11.6 Å². The molecule has 37 heavy (non-hydrogen) atoms. The van der Waals surface area contributed by atoms with Crippen molar-refractivity contribution in [3.63, 3.8) is 0 Å². The van der Waals surface area contributed by atoms with Gasteiger partial charge in [0, 0.05) is 43.3 Å². The molecule has 0 spiro atoms. The molecule has 0 aromatic carbocycles. The van der Waals surface area contributed by atoms with Crippen LogP contribution in [0.2, 0.25) is 0 Å². The zero-order valence-corrected chi connectivity index (χ0v) is 20.7. The lowest BCUT2D eigenvalue weighted by Crippen LogP contribution is -2.56. The zero-order chi connectivity index (χ0) is 25.5. The van der Waals surface area contributed by atoms with Crippen LogP contribution in [0.15, 0.2) is 42.9 Å². The number of hydrogen-bond donors (Lipinski definition) is 3. The molecular weight excluding hydrogens is 472 g/mol. The Bertz CT molecular complexity index is 1420. The summed E-state index contributed by atoms with van der Waals surface area (Å²) >= 11 is 0. The minimum atomic E-state index is -0.198. The number of carbonyl (C=O) groups is 1. The van der Waals surface area contributed by atoms with Crippen molar-refractivity contribution in [2.24, 2.45) is 0 Å². The number of aryl methyl sites for hydroxylation is 2. The van der Waals surface area contributed by atoms with E-state index < -0.39 is 0 Å². The normalized spacial score (nSPS) is 18.9. The highest BCUT2D eigenvalue weighted by molar-refractivity contribution is 5.95. The molecule has 4 aromatic rings. The Morgan fingerprint density at radius 3 is 2.54 bits per heavy atom. The van der Waals surface area contributed by atoms with E-state index in [1.54, 1.807) is 23.1 Å². The molecule has 0 saturated carbocycles.